The Morgan fingerprint density at radius 3 is 2.71 bits per heavy atom. The summed E-state index contributed by atoms with van der Waals surface area (Å²) in [5.41, 5.74) is 3.29. The molecule has 3 aromatic rings. The van der Waals surface area contributed by atoms with Gasteiger partial charge in [0.1, 0.15) is 0 Å². The van der Waals surface area contributed by atoms with Crippen molar-refractivity contribution in [3.05, 3.63) is 70.6 Å². The molecule has 1 saturated heterocycles. The van der Waals surface area contributed by atoms with E-state index in [1.165, 1.54) is 5.56 Å². The van der Waals surface area contributed by atoms with E-state index >= 15 is 0 Å². The van der Waals surface area contributed by atoms with E-state index in [1.807, 2.05) is 54.3 Å². The molecule has 0 N–H and O–H groups in total. The van der Waals surface area contributed by atoms with Gasteiger partial charge in [-0.1, -0.05) is 53.2 Å². The van der Waals surface area contributed by atoms with E-state index in [4.69, 9.17) is 16.1 Å². The number of benzene rings is 2. The van der Waals surface area contributed by atoms with Crippen LogP contribution in [0.3, 0.4) is 0 Å². The fourth-order valence-corrected chi connectivity index (χ4v) is 4.58. The maximum absolute atomic E-state index is 12.9. The van der Waals surface area contributed by atoms with Crippen LogP contribution in [-0.2, 0) is 11.3 Å². The molecule has 2 aliphatic rings. The first-order chi connectivity index (χ1) is 15.1. The maximum Gasteiger partial charge on any atom is 0.241 e. The molecule has 0 radical (unpaired) electrons. The molecule has 0 bridgehead atoms. The average molecular weight is 437 g/mol. The molecule has 1 amide bonds. The van der Waals surface area contributed by atoms with Gasteiger partial charge in [-0.25, -0.2) is 0 Å². The number of carbonyl (C=O) groups is 1. The van der Waals surface area contributed by atoms with E-state index in [9.17, 15) is 4.79 Å². The summed E-state index contributed by atoms with van der Waals surface area (Å²) >= 11 is 6.10. The van der Waals surface area contributed by atoms with Gasteiger partial charge in [-0.2, -0.15) is 4.98 Å². The number of piperazine rings is 1. The van der Waals surface area contributed by atoms with Crippen LogP contribution in [0.15, 0.2) is 53.1 Å². The predicted octanol–water partition coefficient (Wildman–Crippen LogP) is 4.15. The van der Waals surface area contributed by atoms with Crippen LogP contribution < -0.4 is 0 Å². The summed E-state index contributed by atoms with van der Waals surface area (Å²) in [4.78, 5) is 21.7. The SMILES string of the molecule is Cc1ccccc1-c1noc(CN2CCN(C(=O)C3CC3c3cccc(Cl)c3)CC2)n1. The molecular weight excluding hydrogens is 412 g/mol. The number of hydrogen-bond donors (Lipinski definition) is 0. The molecule has 6 nitrogen and oxygen atoms in total. The smallest absolute Gasteiger partial charge is 0.241 e. The lowest BCUT2D eigenvalue weighted by molar-refractivity contribution is -0.134. The second-order valence-corrected chi connectivity index (χ2v) is 8.87. The molecule has 7 heteroatoms. The van der Waals surface area contributed by atoms with Crippen molar-refractivity contribution in [2.75, 3.05) is 26.2 Å². The minimum absolute atomic E-state index is 0.0950. The minimum Gasteiger partial charge on any atom is -0.340 e. The van der Waals surface area contributed by atoms with Gasteiger partial charge in [-0.05, 0) is 42.5 Å². The fourth-order valence-electron chi connectivity index (χ4n) is 4.38. The number of halogens is 1. The summed E-state index contributed by atoms with van der Waals surface area (Å²) in [6.07, 6.45) is 0.920. The molecule has 1 saturated carbocycles. The minimum atomic E-state index is 0.0950. The van der Waals surface area contributed by atoms with E-state index in [0.717, 1.165) is 48.7 Å². The molecule has 1 aliphatic carbocycles. The predicted molar refractivity (Wildman–Crippen MR) is 119 cm³/mol. The van der Waals surface area contributed by atoms with Crippen molar-refractivity contribution < 1.29 is 9.32 Å². The molecule has 2 heterocycles. The summed E-state index contributed by atoms with van der Waals surface area (Å²) in [7, 11) is 0. The quantitative estimate of drug-likeness (QED) is 0.601. The number of carbonyl (C=O) groups excluding carboxylic acids is 1. The normalized spacial score (nSPS) is 21.3. The first kappa shape index (κ1) is 20.2. The summed E-state index contributed by atoms with van der Waals surface area (Å²) in [6.45, 7) is 5.73. The summed E-state index contributed by atoms with van der Waals surface area (Å²) in [5.74, 6) is 1.91. The lowest BCUT2D eigenvalue weighted by Gasteiger charge is -2.34. The summed E-state index contributed by atoms with van der Waals surface area (Å²) < 4.78 is 5.48. The molecule has 2 atom stereocenters. The Balaban J connectivity index is 1.14. The molecule has 1 aliphatic heterocycles. The van der Waals surface area contributed by atoms with E-state index < -0.39 is 0 Å². The van der Waals surface area contributed by atoms with Crippen LogP contribution in [0.1, 0.15) is 29.4 Å². The Labute approximate surface area is 186 Å². The maximum atomic E-state index is 12.9. The molecule has 160 valence electrons. The Bertz CT molecular complexity index is 1090. The molecule has 2 fully saturated rings. The van der Waals surface area contributed by atoms with Gasteiger partial charge in [0.05, 0.1) is 6.54 Å². The molecule has 1 aromatic heterocycles. The van der Waals surface area contributed by atoms with Gasteiger partial charge in [0, 0.05) is 42.7 Å². The zero-order valence-corrected chi connectivity index (χ0v) is 18.3. The van der Waals surface area contributed by atoms with Crippen molar-refractivity contribution in [3.8, 4) is 11.4 Å². The molecule has 5 rings (SSSR count). The Morgan fingerprint density at radius 2 is 1.94 bits per heavy atom. The largest absolute Gasteiger partial charge is 0.340 e. The van der Waals surface area contributed by atoms with Crippen LogP contribution in [0, 0.1) is 12.8 Å². The summed E-state index contributed by atoms with van der Waals surface area (Å²) in [5, 5.41) is 4.88. The van der Waals surface area contributed by atoms with E-state index in [1.54, 1.807) is 0 Å². The van der Waals surface area contributed by atoms with Crippen molar-refractivity contribution in [2.24, 2.45) is 5.92 Å². The van der Waals surface area contributed by atoms with Crippen LogP contribution in [0.4, 0.5) is 0 Å². The van der Waals surface area contributed by atoms with Crippen LogP contribution >= 0.6 is 11.6 Å². The summed E-state index contributed by atoms with van der Waals surface area (Å²) in [6, 6.07) is 15.9. The first-order valence-electron chi connectivity index (χ1n) is 10.7. The van der Waals surface area contributed by atoms with Crippen LogP contribution in [0.2, 0.25) is 5.02 Å². The monoisotopic (exact) mass is 436 g/mol. The third-order valence-electron chi connectivity index (χ3n) is 6.28. The molecule has 2 unspecified atom stereocenters. The standard InChI is InChI=1S/C24H25ClN4O2/c1-16-5-2-3-8-19(16)23-26-22(31-27-23)15-28-9-11-29(12-10-28)24(30)21-14-20(21)17-6-4-7-18(25)13-17/h2-8,13,20-21H,9-12,14-15H2,1H3. The number of hydrogen-bond acceptors (Lipinski definition) is 5. The second kappa shape index (κ2) is 8.44. The van der Waals surface area contributed by atoms with Gasteiger partial charge >= 0.3 is 0 Å². The second-order valence-electron chi connectivity index (χ2n) is 8.43. The van der Waals surface area contributed by atoms with Crippen LogP contribution in [-0.4, -0.2) is 52.0 Å². The Kier molecular flexibility index (Phi) is 5.50. The molecule has 0 spiro atoms. The average Bonchev–Trinajstić information content (AvgIpc) is 3.46. The highest BCUT2D eigenvalue weighted by molar-refractivity contribution is 6.30. The fraction of sp³-hybridized carbons (Fsp3) is 0.375. The van der Waals surface area contributed by atoms with E-state index in [-0.39, 0.29) is 11.8 Å². The van der Waals surface area contributed by atoms with E-state index in [0.29, 0.717) is 24.2 Å². The highest BCUT2D eigenvalue weighted by atomic mass is 35.5. The van der Waals surface area contributed by atoms with Crippen molar-refractivity contribution in [2.45, 2.75) is 25.8 Å². The lowest BCUT2D eigenvalue weighted by atomic mass is 10.1. The number of rotatable bonds is 5. The van der Waals surface area contributed by atoms with Gasteiger partial charge < -0.3 is 9.42 Å². The van der Waals surface area contributed by atoms with Gasteiger partial charge in [0.25, 0.3) is 0 Å². The number of amides is 1. The number of nitrogens with zero attached hydrogens (tertiary/aromatic N) is 4. The van der Waals surface area contributed by atoms with Gasteiger partial charge in [-0.3, -0.25) is 9.69 Å². The molecule has 31 heavy (non-hydrogen) atoms. The Hall–Kier alpha value is -2.70. The number of aryl methyl sites for hydroxylation is 1. The molecule has 2 aromatic carbocycles. The zero-order chi connectivity index (χ0) is 21.4. The highest BCUT2D eigenvalue weighted by Gasteiger charge is 2.46. The lowest BCUT2D eigenvalue weighted by Crippen LogP contribution is -2.48. The Morgan fingerprint density at radius 1 is 1.13 bits per heavy atom. The van der Waals surface area contributed by atoms with E-state index in [2.05, 4.69) is 21.1 Å². The van der Waals surface area contributed by atoms with Gasteiger partial charge in [0.15, 0.2) is 0 Å². The van der Waals surface area contributed by atoms with Crippen molar-refractivity contribution in [1.29, 1.82) is 0 Å². The van der Waals surface area contributed by atoms with Crippen LogP contribution in [0.25, 0.3) is 11.4 Å². The number of aromatic nitrogens is 2. The third-order valence-corrected chi connectivity index (χ3v) is 6.52. The zero-order valence-electron chi connectivity index (χ0n) is 17.5. The van der Waals surface area contributed by atoms with Crippen molar-refractivity contribution in [1.82, 2.24) is 19.9 Å². The highest BCUT2D eigenvalue weighted by Crippen LogP contribution is 2.48. The topological polar surface area (TPSA) is 62.5 Å². The van der Waals surface area contributed by atoms with Crippen molar-refractivity contribution in [3.63, 3.8) is 0 Å². The third kappa shape index (κ3) is 4.36. The van der Waals surface area contributed by atoms with Gasteiger partial charge in [0.2, 0.25) is 17.6 Å². The first-order valence-corrected chi connectivity index (χ1v) is 11.1. The van der Waals surface area contributed by atoms with Gasteiger partial charge in [-0.15, -0.1) is 0 Å². The van der Waals surface area contributed by atoms with Crippen LogP contribution in [0.5, 0.6) is 0 Å². The molecular formula is C24H25ClN4O2. The van der Waals surface area contributed by atoms with Crippen molar-refractivity contribution >= 4 is 17.5 Å².